The van der Waals surface area contributed by atoms with Gasteiger partial charge in [0.05, 0.1) is 11.7 Å². The molecule has 3 heterocycles. The predicted molar refractivity (Wildman–Crippen MR) is 99.7 cm³/mol. The van der Waals surface area contributed by atoms with E-state index in [1.807, 2.05) is 6.20 Å². The van der Waals surface area contributed by atoms with Crippen molar-refractivity contribution in [3.8, 4) is 0 Å². The molecule has 7 heteroatoms. The monoisotopic (exact) mass is 354 g/mol. The van der Waals surface area contributed by atoms with Gasteiger partial charge in [0.25, 0.3) is 0 Å². The number of anilines is 1. The second-order valence-corrected chi connectivity index (χ2v) is 7.09. The lowest BCUT2D eigenvalue weighted by atomic mass is 10.1. The minimum atomic E-state index is -0.270. The number of benzene rings is 1. The molecule has 1 aromatic carbocycles. The molecule has 6 nitrogen and oxygen atoms in total. The minimum absolute atomic E-state index is 0.270. The number of aromatic amines is 1. The first-order chi connectivity index (χ1) is 12.6. The van der Waals surface area contributed by atoms with E-state index >= 15 is 0 Å². The molecule has 1 aliphatic rings. The summed E-state index contributed by atoms with van der Waals surface area (Å²) in [4.78, 5) is 13.3. The Kier molecular flexibility index (Phi) is 4.55. The second-order valence-electron chi connectivity index (χ2n) is 7.09. The van der Waals surface area contributed by atoms with Crippen LogP contribution in [-0.2, 0) is 6.54 Å². The van der Waals surface area contributed by atoms with E-state index in [-0.39, 0.29) is 5.82 Å². The van der Waals surface area contributed by atoms with Crippen molar-refractivity contribution < 1.29 is 4.39 Å². The van der Waals surface area contributed by atoms with Crippen molar-refractivity contribution in [3.05, 3.63) is 47.8 Å². The summed E-state index contributed by atoms with van der Waals surface area (Å²) < 4.78 is 13.4. The van der Waals surface area contributed by atoms with Crippen LogP contribution in [0.1, 0.15) is 31.0 Å². The number of rotatable bonds is 4. The van der Waals surface area contributed by atoms with Crippen LogP contribution in [0.3, 0.4) is 0 Å². The summed E-state index contributed by atoms with van der Waals surface area (Å²) in [6.45, 7) is 8.95. The van der Waals surface area contributed by atoms with Crippen molar-refractivity contribution in [2.75, 3.05) is 31.1 Å². The maximum absolute atomic E-state index is 13.4. The molecule has 1 aliphatic heterocycles. The Balaban J connectivity index is 1.46. The molecule has 0 radical (unpaired) electrons. The fourth-order valence-corrected chi connectivity index (χ4v) is 3.57. The summed E-state index contributed by atoms with van der Waals surface area (Å²) in [5, 5.41) is 8.22. The Morgan fingerprint density at radius 2 is 1.96 bits per heavy atom. The van der Waals surface area contributed by atoms with Crippen molar-refractivity contribution in [2.24, 2.45) is 0 Å². The molecular formula is C19H23FN6. The molecule has 0 saturated carbocycles. The van der Waals surface area contributed by atoms with Crippen LogP contribution in [0.2, 0.25) is 0 Å². The summed E-state index contributed by atoms with van der Waals surface area (Å²) in [5.74, 6) is 1.07. The van der Waals surface area contributed by atoms with Gasteiger partial charge in [-0.2, -0.15) is 5.10 Å². The van der Waals surface area contributed by atoms with Crippen molar-refractivity contribution in [1.29, 1.82) is 0 Å². The normalized spacial score (nSPS) is 15.9. The van der Waals surface area contributed by atoms with Gasteiger partial charge in [-0.3, -0.25) is 10.00 Å². The number of nitrogens with one attached hydrogen (secondary N) is 1. The number of H-pyrrole nitrogens is 1. The first kappa shape index (κ1) is 16.9. The third-order valence-corrected chi connectivity index (χ3v) is 4.97. The standard InChI is InChI=1S/C19H23FN6/c1-13(2)18-14(10-23-24-18)11-25-5-7-26(8-6-25)19-16-4-3-15(20)9-17(16)21-12-22-19/h3-4,9-10,12-13H,5-8,11H2,1-2H3,(H,23,24). The van der Waals surface area contributed by atoms with Crippen molar-refractivity contribution in [1.82, 2.24) is 25.1 Å². The maximum atomic E-state index is 13.4. The van der Waals surface area contributed by atoms with Crippen LogP contribution >= 0.6 is 0 Å². The van der Waals surface area contributed by atoms with Crippen LogP contribution in [0.25, 0.3) is 10.9 Å². The highest BCUT2D eigenvalue weighted by Crippen LogP contribution is 2.25. The molecule has 0 aliphatic carbocycles. The van der Waals surface area contributed by atoms with Crippen LogP contribution < -0.4 is 4.90 Å². The van der Waals surface area contributed by atoms with Crippen LogP contribution in [0.4, 0.5) is 10.2 Å². The van der Waals surface area contributed by atoms with E-state index in [0.717, 1.165) is 43.9 Å². The summed E-state index contributed by atoms with van der Waals surface area (Å²) in [7, 11) is 0. The van der Waals surface area contributed by atoms with Gasteiger partial charge in [-0.1, -0.05) is 13.8 Å². The van der Waals surface area contributed by atoms with Crippen molar-refractivity contribution >= 4 is 16.7 Å². The summed E-state index contributed by atoms with van der Waals surface area (Å²) >= 11 is 0. The number of aromatic nitrogens is 4. The van der Waals surface area contributed by atoms with Crippen LogP contribution in [0.15, 0.2) is 30.7 Å². The minimum Gasteiger partial charge on any atom is -0.353 e. The van der Waals surface area contributed by atoms with E-state index in [0.29, 0.717) is 11.4 Å². The summed E-state index contributed by atoms with van der Waals surface area (Å²) in [5.41, 5.74) is 3.14. The van der Waals surface area contributed by atoms with E-state index in [1.54, 1.807) is 6.07 Å². The predicted octanol–water partition coefficient (Wildman–Crippen LogP) is 2.94. The molecule has 26 heavy (non-hydrogen) atoms. The number of hydrogen-bond donors (Lipinski definition) is 1. The fourth-order valence-electron chi connectivity index (χ4n) is 3.57. The van der Waals surface area contributed by atoms with Gasteiger partial charge in [-0.25, -0.2) is 14.4 Å². The lowest BCUT2D eigenvalue weighted by molar-refractivity contribution is 0.248. The SMILES string of the molecule is CC(C)c1[nH]ncc1CN1CCN(c2ncnc3cc(F)ccc23)CC1. The summed E-state index contributed by atoms with van der Waals surface area (Å²) in [6, 6.07) is 4.70. The lowest BCUT2D eigenvalue weighted by Gasteiger charge is -2.35. The Morgan fingerprint density at radius 1 is 1.15 bits per heavy atom. The molecule has 0 amide bonds. The topological polar surface area (TPSA) is 60.9 Å². The van der Waals surface area contributed by atoms with E-state index in [4.69, 9.17) is 0 Å². The maximum Gasteiger partial charge on any atom is 0.139 e. The van der Waals surface area contributed by atoms with Gasteiger partial charge < -0.3 is 4.90 Å². The molecule has 2 aromatic heterocycles. The average Bonchev–Trinajstić information content (AvgIpc) is 3.10. The largest absolute Gasteiger partial charge is 0.353 e. The number of halogens is 1. The number of fused-ring (bicyclic) bond motifs is 1. The van der Waals surface area contributed by atoms with E-state index in [1.165, 1.54) is 29.7 Å². The third-order valence-electron chi connectivity index (χ3n) is 4.97. The quantitative estimate of drug-likeness (QED) is 0.781. The van der Waals surface area contributed by atoms with Gasteiger partial charge in [-0.05, 0) is 18.1 Å². The van der Waals surface area contributed by atoms with E-state index in [2.05, 4.69) is 43.8 Å². The molecule has 1 N–H and O–H groups in total. The highest BCUT2D eigenvalue weighted by Gasteiger charge is 2.21. The van der Waals surface area contributed by atoms with E-state index in [9.17, 15) is 4.39 Å². The number of piperazine rings is 1. The highest BCUT2D eigenvalue weighted by atomic mass is 19.1. The molecule has 1 saturated heterocycles. The smallest absolute Gasteiger partial charge is 0.139 e. The molecule has 1 fully saturated rings. The van der Waals surface area contributed by atoms with Gasteiger partial charge in [-0.15, -0.1) is 0 Å². The molecular weight excluding hydrogens is 331 g/mol. The van der Waals surface area contributed by atoms with Gasteiger partial charge in [0.15, 0.2) is 0 Å². The second kappa shape index (κ2) is 6.99. The zero-order valence-electron chi connectivity index (χ0n) is 15.1. The first-order valence-electron chi connectivity index (χ1n) is 9.01. The fraction of sp³-hybridized carbons (Fsp3) is 0.421. The molecule has 0 bridgehead atoms. The molecule has 4 rings (SSSR count). The Morgan fingerprint density at radius 3 is 2.73 bits per heavy atom. The van der Waals surface area contributed by atoms with E-state index < -0.39 is 0 Å². The Labute approximate surface area is 152 Å². The van der Waals surface area contributed by atoms with Crippen molar-refractivity contribution in [3.63, 3.8) is 0 Å². The molecule has 0 unspecified atom stereocenters. The highest BCUT2D eigenvalue weighted by molar-refractivity contribution is 5.89. The third kappa shape index (κ3) is 3.26. The lowest BCUT2D eigenvalue weighted by Crippen LogP contribution is -2.46. The van der Waals surface area contributed by atoms with Crippen LogP contribution in [-0.4, -0.2) is 51.2 Å². The van der Waals surface area contributed by atoms with Gasteiger partial charge >= 0.3 is 0 Å². The molecule has 136 valence electrons. The number of nitrogens with zero attached hydrogens (tertiary/aromatic N) is 5. The molecule has 0 spiro atoms. The molecule has 3 aromatic rings. The zero-order valence-corrected chi connectivity index (χ0v) is 15.1. The Bertz CT molecular complexity index is 898. The number of hydrogen-bond acceptors (Lipinski definition) is 5. The summed E-state index contributed by atoms with van der Waals surface area (Å²) in [6.07, 6.45) is 3.46. The first-order valence-corrected chi connectivity index (χ1v) is 9.01. The zero-order chi connectivity index (χ0) is 18.1. The van der Waals surface area contributed by atoms with Gasteiger partial charge in [0.2, 0.25) is 0 Å². The van der Waals surface area contributed by atoms with Gasteiger partial charge in [0.1, 0.15) is 18.0 Å². The van der Waals surface area contributed by atoms with Gasteiger partial charge in [0, 0.05) is 55.4 Å². The average molecular weight is 354 g/mol. The molecule has 0 atom stereocenters. The van der Waals surface area contributed by atoms with Crippen molar-refractivity contribution in [2.45, 2.75) is 26.3 Å². The van der Waals surface area contributed by atoms with Crippen LogP contribution in [0, 0.1) is 5.82 Å². The van der Waals surface area contributed by atoms with Crippen LogP contribution in [0.5, 0.6) is 0 Å². The Hall–Kier alpha value is -2.54.